The van der Waals surface area contributed by atoms with Crippen molar-refractivity contribution in [3.8, 4) is 0 Å². The van der Waals surface area contributed by atoms with Gasteiger partial charge in [-0.3, -0.25) is 4.98 Å². The van der Waals surface area contributed by atoms with Gasteiger partial charge in [0.05, 0.1) is 24.1 Å². The standard InChI is InChI=1S/C18H23N5O2/c1-13-11-23(12-14(2)25-13)17-6-5-15(8-20-17)9-21-18(24)22-16-4-3-7-19-10-16/h3-8,10,13-14H,9,11-12H2,1-2H3,(H2,21,22,24)/t13-,14+. The second kappa shape index (κ2) is 7.94. The van der Waals surface area contributed by atoms with E-state index in [1.54, 1.807) is 30.7 Å². The summed E-state index contributed by atoms with van der Waals surface area (Å²) in [6.45, 7) is 6.23. The molecule has 3 rings (SSSR count). The van der Waals surface area contributed by atoms with E-state index in [-0.39, 0.29) is 18.2 Å². The van der Waals surface area contributed by atoms with E-state index < -0.39 is 0 Å². The maximum atomic E-state index is 11.9. The van der Waals surface area contributed by atoms with Crippen molar-refractivity contribution in [3.63, 3.8) is 0 Å². The number of nitrogens with zero attached hydrogens (tertiary/aromatic N) is 3. The molecular formula is C18H23N5O2. The SMILES string of the molecule is C[C@@H]1CN(c2ccc(CNC(=O)Nc3cccnc3)cn2)C[C@H](C)O1. The number of nitrogens with one attached hydrogen (secondary N) is 2. The number of urea groups is 1. The molecule has 1 aliphatic rings. The number of aromatic nitrogens is 2. The summed E-state index contributed by atoms with van der Waals surface area (Å²) in [6, 6.07) is 7.25. The molecule has 1 fully saturated rings. The van der Waals surface area contributed by atoms with E-state index >= 15 is 0 Å². The summed E-state index contributed by atoms with van der Waals surface area (Å²) in [5.74, 6) is 0.936. The maximum Gasteiger partial charge on any atom is 0.319 e. The van der Waals surface area contributed by atoms with Gasteiger partial charge in [-0.15, -0.1) is 0 Å². The number of carbonyl (C=O) groups is 1. The zero-order valence-corrected chi connectivity index (χ0v) is 14.5. The van der Waals surface area contributed by atoms with Gasteiger partial charge in [0.1, 0.15) is 5.82 Å². The number of anilines is 2. The molecule has 1 aliphatic heterocycles. The number of morpholine rings is 1. The third-order valence-corrected chi connectivity index (χ3v) is 3.93. The maximum absolute atomic E-state index is 11.9. The summed E-state index contributed by atoms with van der Waals surface area (Å²) in [5, 5.41) is 5.54. The van der Waals surface area contributed by atoms with Crippen LogP contribution in [0.1, 0.15) is 19.4 Å². The monoisotopic (exact) mass is 341 g/mol. The van der Waals surface area contributed by atoms with E-state index in [1.807, 2.05) is 12.1 Å². The zero-order valence-electron chi connectivity index (χ0n) is 14.5. The molecule has 2 N–H and O–H groups in total. The van der Waals surface area contributed by atoms with Gasteiger partial charge in [-0.25, -0.2) is 9.78 Å². The normalized spacial score (nSPS) is 20.2. The van der Waals surface area contributed by atoms with Gasteiger partial charge in [-0.2, -0.15) is 0 Å². The van der Waals surface area contributed by atoms with Crippen LogP contribution in [0.4, 0.5) is 16.3 Å². The van der Waals surface area contributed by atoms with E-state index in [0.717, 1.165) is 24.5 Å². The Bertz CT molecular complexity index is 682. The summed E-state index contributed by atoms with van der Waals surface area (Å²) in [6.07, 6.45) is 5.45. The molecule has 7 nitrogen and oxygen atoms in total. The second-order valence-corrected chi connectivity index (χ2v) is 6.24. The first-order valence-corrected chi connectivity index (χ1v) is 8.40. The van der Waals surface area contributed by atoms with E-state index in [1.165, 1.54) is 0 Å². The molecule has 2 atom stereocenters. The zero-order chi connectivity index (χ0) is 17.6. The Balaban J connectivity index is 1.51. The molecule has 0 unspecified atom stereocenters. The van der Waals surface area contributed by atoms with Crippen LogP contribution in [0.3, 0.4) is 0 Å². The number of ether oxygens (including phenoxy) is 1. The van der Waals surface area contributed by atoms with Gasteiger partial charge in [-0.1, -0.05) is 6.07 Å². The molecule has 3 heterocycles. The van der Waals surface area contributed by atoms with E-state index in [2.05, 4.69) is 39.3 Å². The van der Waals surface area contributed by atoms with Crippen molar-refractivity contribution >= 4 is 17.5 Å². The lowest BCUT2D eigenvalue weighted by molar-refractivity contribution is -0.00546. The van der Waals surface area contributed by atoms with Crippen molar-refractivity contribution in [2.24, 2.45) is 0 Å². The topological polar surface area (TPSA) is 79.4 Å². The summed E-state index contributed by atoms with van der Waals surface area (Å²) in [5.41, 5.74) is 1.60. The number of hydrogen-bond acceptors (Lipinski definition) is 5. The number of pyridine rings is 2. The van der Waals surface area contributed by atoms with Gasteiger partial charge < -0.3 is 20.3 Å². The van der Waals surface area contributed by atoms with Crippen LogP contribution >= 0.6 is 0 Å². The quantitative estimate of drug-likeness (QED) is 0.893. The second-order valence-electron chi connectivity index (χ2n) is 6.24. The lowest BCUT2D eigenvalue weighted by atomic mass is 10.2. The van der Waals surface area contributed by atoms with Gasteiger partial charge >= 0.3 is 6.03 Å². The molecule has 0 aromatic carbocycles. The van der Waals surface area contributed by atoms with Crippen LogP contribution in [0.5, 0.6) is 0 Å². The molecule has 0 aliphatic carbocycles. The third kappa shape index (κ3) is 4.90. The Kier molecular flexibility index (Phi) is 5.45. The molecule has 7 heteroatoms. The summed E-state index contributed by atoms with van der Waals surface area (Å²) in [4.78, 5) is 22.6. The Morgan fingerprint density at radius 2 is 2.04 bits per heavy atom. The molecule has 1 saturated heterocycles. The van der Waals surface area contributed by atoms with Crippen LogP contribution < -0.4 is 15.5 Å². The smallest absolute Gasteiger partial charge is 0.319 e. The first kappa shape index (κ1) is 17.2. The van der Waals surface area contributed by atoms with Gasteiger partial charge in [0.25, 0.3) is 0 Å². The van der Waals surface area contributed by atoms with Crippen LogP contribution in [-0.2, 0) is 11.3 Å². The van der Waals surface area contributed by atoms with Crippen molar-refractivity contribution in [3.05, 3.63) is 48.4 Å². The molecule has 0 saturated carbocycles. The summed E-state index contributed by atoms with van der Waals surface area (Å²) < 4.78 is 5.75. The lowest BCUT2D eigenvalue weighted by Gasteiger charge is -2.36. The molecule has 0 radical (unpaired) electrons. The molecule has 0 bridgehead atoms. The van der Waals surface area contributed by atoms with E-state index in [0.29, 0.717) is 12.2 Å². The summed E-state index contributed by atoms with van der Waals surface area (Å²) in [7, 11) is 0. The first-order valence-electron chi connectivity index (χ1n) is 8.40. The van der Waals surface area contributed by atoms with Crippen LogP contribution in [0.25, 0.3) is 0 Å². The first-order chi connectivity index (χ1) is 12.1. The van der Waals surface area contributed by atoms with Gasteiger partial charge in [0, 0.05) is 32.0 Å². The van der Waals surface area contributed by atoms with Crippen molar-refractivity contribution < 1.29 is 9.53 Å². The fourth-order valence-electron chi connectivity index (χ4n) is 2.87. The van der Waals surface area contributed by atoms with Crippen LogP contribution in [0.15, 0.2) is 42.9 Å². The molecule has 2 amide bonds. The van der Waals surface area contributed by atoms with Crippen molar-refractivity contribution in [1.29, 1.82) is 0 Å². The molecule has 132 valence electrons. The molecular weight excluding hydrogens is 318 g/mol. The number of hydrogen-bond donors (Lipinski definition) is 2. The van der Waals surface area contributed by atoms with E-state index in [4.69, 9.17) is 4.74 Å². The van der Waals surface area contributed by atoms with Crippen molar-refractivity contribution in [2.75, 3.05) is 23.3 Å². The largest absolute Gasteiger partial charge is 0.372 e. The highest BCUT2D eigenvalue weighted by molar-refractivity contribution is 5.88. The highest BCUT2D eigenvalue weighted by Gasteiger charge is 2.22. The van der Waals surface area contributed by atoms with E-state index in [9.17, 15) is 4.79 Å². The molecule has 2 aromatic heterocycles. The number of amides is 2. The van der Waals surface area contributed by atoms with Gasteiger partial charge in [0.2, 0.25) is 0 Å². The minimum absolute atomic E-state index is 0.197. The fourth-order valence-corrected chi connectivity index (χ4v) is 2.87. The predicted octanol–water partition coefficient (Wildman–Crippen LogP) is 2.41. The van der Waals surface area contributed by atoms with Crippen molar-refractivity contribution in [1.82, 2.24) is 15.3 Å². The van der Waals surface area contributed by atoms with Gasteiger partial charge in [0.15, 0.2) is 0 Å². The molecule has 2 aromatic rings. The Labute approximate surface area is 147 Å². The number of carbonyl (C=O) groups excluding carboxylic acids is 1. The van der Waals surface area contributed by atoms with Crippen LogP contribution in [-0.4, -0.2) is 41.3 Å². The highest BCUT2D eigenvalue weighted by Crippen LogP contribution is 2.18. The lowest BCUT2D eigenvalue weighted by Crippen LogP contribution is -2.45. The highest BCUT2D eigenvalue weighted by atomic mass is 16.5. The minimum Gasteiger partial charge on any atom is -0.372 e. The Morgan fingerprint density at radius 3 is 2.68 bits per heavy atom. The van der Waals surface area contributed by atoms with Crippen LogP contribution in [0.2, 0.25) is 0 Å². The Morgan fingerprint density at radius 1 is 1.24 bits per heavy atom. The average Bonchev–Trinajstić information content (AvgIpc) is 2.60. The predicted molar refractivity (Wildman–Crippen MR) is 96.6 cm³/mol. The minimum atomic E-state index is -0.270. The fraction of sp³-hybridized carbons (Fsp3) is 0.389. The average molecular weight is 341 g/mol. The number of rotatable bonds is 4. The summed E-state index contributed by atoms with van der Waals surface area (Å²) >= 11 is 0. The third-order valence-electron chi connectivity index (χ3n) is 3.93. The van der Waals surface area contributed by atoms with Crippen molar-refractivity contribution in [2.45, 2.75) is 32.6 Å². The van der Waals surface area contributed by atoms with Crippen LogP contribution in [0, 0.1) is 0 Å². The Hall–Kier alpha value is -2.67. The molecule has 25 heavy (non-hydrogen) atoms. The van der Waals surface area contributed by atoms with Gasteiger partial charge in [-0.05, 0) is 37.6 Å². The molecule has 0 spiro atoms.